The van der Waals surface area contributed by atoms with Crippen molar-refractivity contribution in [2.45, 2.75) is 44.7 Å². The molecular formula is C10H17NO2. The first-order valence-electron chi connectivity index (χ1n) is 5.15. The second-order valence-electron chi connectivity index (χ2n) is 4.00. The van der Waals surface area contributed by atoms with Gasteiger partial charge in [0.25, 0.3) is 0 Å². The lowest BCUT2D eigenvalue weighted by Crippen LogP contribution is -2.43. The lowest BCUT2D eigenvalue weighted by molar-refractivity contribution is -0.133. The van der Waals surface area contributed by atoms with Gasteiger partial charge in [0.1, 0.15) is 0 Å². The van der Waals surface area contributed by atoms with Crippen molar-refractivity contribution in [3.63, 3.8) is 0 Å². The lowest BCUT2D eigenvalue weighted by Gasteiger charge is -2.33. The maximum Gasteiger partial charge on any atom is 0.219 e. The molecule has 0 N–H and O–H groups in total. The first-order valence-corrected chi connectivity index (χ1v) is 5.15. The number of hydrogen-bond acceptors (Lipinski definition) is 2. The molecule has 0 aromatic rings. The smallest absolute Gasteiger partial charge is 0.219 e. The molecule has 0 unspecified atom stereocenters. The molecule has 1 saturated heterocycles. The maximum absolute atomic E-state index is 11.4. The van der Waals surface area contributed by atoms with E-state index in [1.165, 1.54) is 12.8 Å². The predicted molar refractivity (Wildman–Crippen MR) is 49.4 cm³/mol. The highest BCUT2D eigenvalue weighted by Gasteiger charge is 2.36. The molecule has 1 aliphatic heterocycles. The van der Waals surface area contributed by atoms with Crippen molar-refractivity contribution in [3.05, 3.63) is 0 Å². The van der Waals surface area contributed by atoms with Crippen LogP contribution in [0.25, 0.3) is 0 Å². The molecule has 3 nitrogen and oxygen atoms in total. The van der Waals surface area contributed by atoms with E-state index in [2.05, 4.69) is 4.90 Å². The first kappa shape index (κ1) is 9.00. The number of rotatable bonds is 2. The zero-order valence-electron chi connectivity index (χ0n) is 8.16. The zero-order chi connectivity index (χ0) is 9.26. The van der Waals surface area contributed by atoms with E-state index in [0.29, 0.717) is 12.1 Å². The van der Waals surface area contributed by atoms with Crippen LogP contribution >= 0.6 is 0 Å². The summed E-state index contributed by atoms with van der Waals surface area (Å²) in [6.07, 6.45) is 4.46. The van der Waals surface area contributed by atoms with Crippen LogP contribution in [0.5, 0.6) is 0 Å². The van der Waals surface area contributed by atoms with Gasteiger partial charge in [-0.3, -0.25) is 4.79 Å². The van der Waals surface area contributed by atoms with Crippen molar-refractivity contribution in [2.75, 3.05) is 13.2 Å². The average molecular weight is 183 g/mol. The Labute approximate surface area is 79.0 Å². The van der Waals surface area contributed by atoms with E-state index in [1.54, 1.807) is 6.92 Å². The highest BCUT2D eigenvalue weighted by atomic mass is 16.5. The van der Waals surface area contributed by atoms with Gasteiger partial charge in [0.05, 0.1) is 0 Å². The highest BCUT2D eigenvalue weighted by Crippen LogP contribution is 2.31. The summed E-state index contributed by atoms with van der Waals surface area (Å²) in [6, 6.07) is 1.01. The van der Waals surface area contributed by atoms with Gasteiger partial charge in [0.2, 0.25) is 5.91 Å². The second kappa shape index (κ2) is 3.66. The van der Waals surface area contributed by atoms with Crippen molar-refractivity contribution in [2.24, 2.45) is 0 Å². The molecule has 2 aliphatic rings. The molecule has 0 aromatic heterocycles. The largest absolute Gasteiger partial charge is 0.381 e. The summed E-state index contributed by atoms with van der Waals surface area (Å²) in [5.74, 6) is 0.245. The summed E-state index contributed by atoms with van der Waals surface area (Å²) in [5.41, 5.74) is 0. The van der Waals surface area contributed by atoms with E-state index >= 15 is 0 Å². The van der Waals surface area contributed by atoms with Crippen LogP contribution in [0.15, 0.2) is 0 Å². The van der Waals surface area contributed by atoms with Crippen molar-refractivity contribution in [3.8, 4) is 0 Å². The molecule has 0 radical (unpaired) electrons. The number of amides is 1. The lowest BCUT2D eigenvalue weighted by atomic mass is 10.1. The third-order valence-corrected chi connectivity index (χ3v) is 2.89. The second-order valence-corrected chi connectivity index (χ2v) is 4.00. The van der Waals surface area contributed by atoms with Gasteiger partial charge in [0, 0.05) is 32.2 Å². The first-order chi connectivity index (χ1) is 6.29. The standard InChI is InChI=1S/C10H17NO2/c1-8(12)11(9-2-3-9)10-4-6-13-7-5-10/h9-10H,2-7H2,1H3. The van der Waals surface area contributed by atoms with Gasteiger partial charge in [-0.15, -0.1) is 0 Å². The van der Waals surface area contributed by atoms with Crippen LogP contribution in [0.2, 0.25) is 0 Å². The van der Waals surface area contributed by atoms with Gasteiger partial charge in [-0.2, -0.15) is 0 Å². The topological polar surface area (TPSA) is 29.5 Å². The van der Waals surface area contributed by atoms with Crippen LogP contribution in [-0.4, -0.2) is 36.1 Å². The van der Waals surface area contributed by atoms with Crippen molar-refractivity contribution in [1.82, 2.24) is 4.90 Å². The summed E-state index contributed by atoms with van der Waals surface area (Å²) >= 11 is 0. The van der Waals surface area contributed by atoms with E-state index in [9.17, 15) is 4.79 Å². The van der Waals surface area contributed by atoms with Gasteiger partial charge in [-0.25, -0.2) is 0 Å². The average Bonchev–Trinajstić information content (AvgIpc) is 2.90. The summed E-state index contributed by atoms with van der Waals surface area (Å²) in [4.78, 5) is 13.5. The molecule has 2 rings (SSSR count). The van der Waals surface area contributed by atoms with Crippen LogP contribution < -0.4 is 0 Å². The third-order valence-electron chi connectivity index (χ3n) is 2.89. The molecule has 3 heteroatoms. The van der Waals surface area contributed by atoms with Crippen molar-refractivity contribution >= 4 is 5.91 Å². The third kappa shape index (κ3) is 2.02. The van der Waals surface area contributed by atoms with Crippen LogP contribution in [0.1, 0.15) is 32.6 Å². The fourth-order valence-corrected chi connectivity index (χ4v) is 2.13. The van der Waals surface area contributed by atoms with E-state index in [4.69, 9.17) is 4.74 Å². The molecule has 1 saturated carbocycles. The van der Waals surface area contributed by atoms with Crippen molar-refractivity contribution in [1.29, 1.82) is 0 Å². The van der Waals surface area contributed by atoms with E-state index in [-0.39, 0.29) is 5.91 Å². The molecule has 1 amide bonds. The summed E-state index contributed by atoms with van der Waals surface area (Å²) in [5, 5.41) is 0. The molecule has 0 atom stereocenters. The molecule has 1 heterocycles. The molecule has 74 valence electrons. The summed E-state index contributed by atoms with van der Waals surface area (Å²) in [7, 11) is 0. The molecule has 0 bridgehead atoms. The quantitative estimate of drug-likeness (QED) is 0.643. The van der Waals surface area contributed by atoms with Crippen LogP contribution in [-0.2, 0) is 9.53 Å². The Hall–Kier alpha value is -0.570. The molecule has 1 aliphatic carbocycles. The summed E-state index contributed by atoms with van der Waals surface area (Å²) < 4.78 is 5.29. The zero-order valence-corrected chi connectivity index (χ0v) is 8.16. The van der Waals surface area contributed by atoms with E-state index in [0.717, 1.165) is 26.1 Å². The Morgan fingerprint density at radius 2 is 1.69 bits per heavy atom. The number of ether oxygens (including phenoxy) is 1. The van der Waals surface area contributed by atoms with Crippen LogP contribution in [0.3, 0.4) is 0 Å². The van der Waals surface area contributed by atoms with Gasteiger partial charge < -0.3 is 9.64 Å². The van der Waals surface area contributed by atoms with Gasteiger partial charge in [-0.1, -0.05) is 0 Å². The Kier molecular flexibility index (Phi) is 2.54. The minimum atomic E-state index is 0.245. The molecule has 13 heavy (non-hydrogen) atoms. The number of nitrogens with zero attached hydrogens (tertiary/aromatic N) is 1. The Morgan fingerprint density at radius 3 is 2.15 bits per heavy atom. The number of hydrogen-bond donors (Lipinski definition) is 0. The molecular weight excluding hydrogens is 166 g/mol. The Balaban J connectivity index is 1.96. The molecule has 0 spiro atoms. The number of carbonyl (C=O) groups excluding carboxylic acids is 1. The normalized spacial score (nSPS) is 24.4. The van der Waals surface area contributed by atoms with Crippen molar-refractivity contribution < 1.29 is 9.53 Å². The van der Waals surface area contributed by atoms with Crippen LogP contribution in [0, 0.1) is 0 Å². The Bertz CT molecular complexity index is 195. The van der Waals surface area contributed by atoms with Gasteiger partial charge >= 0.3 is 0 Å². The monoisotopic (exact) mass is 183 g/mol. The van der Waals surface area contributed by atoms with Crippen LogP contribution in [0.4, 0.5) is 0 Å². The molecule has 0 aromatic carbocycles. The fraction of sp³-hybridized carbons (Fsp3) is 0.900. The highest BCUT2D eigenvalue weighted by molar-refractivity contribution is 5.74. The summed E-state index contributed by atoms with van der Waals surface area (Å²) in [6.45, 7) is 3.33. The van der Waals surface area contributed by atoms with E-state index < -0.39 is 0 Å². The minimum Gasteiger partial charge on any atom is -0.381 e. The minimum absolute atomic E-state index is 0.245. The SMILES string of the molecule is CC(=O)N(C1CCOCC1)C1CC1. The maximum atomic E-state index is 11.4. The fourth-order valence-electron chi connectivity index (χ4n) is 2.13. The Morgan fingerprint density at radius 1 is 1.15 bits per heavy atom. The van der Waals surface area contributed by atoms with Gasteiger partial charge in [-0.05, 0) is 25.7 Å². The predicted octanol–water partition coefficient (Wildman–Crippen LogP) is 1.18. The molecule has 2 fully saturated rings. The van der Waals surface area contributed by atoms with E-state index in [1.807, 2.05) is 0 Å². The number of carbonyl (C=O) groups is 1. The van der Waals surface area contributed by atoms with Gasteiger partial charge in [0.15, 0.2) is 0 Å².